The molecule has 0 aliphatic carbocycles. The molecular weight excluding hydrogens is 358 g/mol. The predicted octanol–water partition coefficient (Wildman–Crippen LogP) is 5.29. The van der Waals surface area contributed by atoms with Crippen molar-refractivity contribution in [1.29, 1.82) is 0 Å². The van der Waals surface area contributed by atoms with Gasteiger partial charge in [0.1, 0.15) is 0 Å². The zero-order valence-corrected chi connectivity index (χ0v) is 16.5. The minimum Gasteiger partial charge on any atom is -0.411 e. The van der Waals surface area contributed by atoms with Crippen LogP contribution in [-0.4, -0.2) is 21.9 Å². The Morgan fingerprint density at radius 1 is 1.19 bits per heavy atom. The van der Waals surface area contributed by atoms with E-state index in [1.807, 2.05) is 43.3 Å². The summed E-state index contributed by atoms with van der Waals surface area (Å²) in [5.74, 6) is 1.09. The Kier molecular flexibility index (Phi) is 6.29. The maximum atomic E-state index is 12.2. The van der Waals surface area contributed by atoms with Crippen LogP contribution in [0.15, 0.2) is 58.2 Å². The molecule has 0 saturated heterocycles. The van der Waals surface area contributed by atoms with Crippen molar-refractivity contribution >= 4 is 23.4 Å². The average molecular weight is 382 g/mol. The number of anilines is 1. The Bertz CT molecular complexity index is 906. The molecule has 6 heteroatoms. The van der Waals surface area contributed by atoms with Gasteiger partial charge in [-0.05, 0) is 49.1 Å². The second-order valence-electron chi connectivity index (χ2n) is 6.51. The third-order valence-corrected chi connectivity index (χ3v) is 5.19. The maximum Gasteiger partial charge on any atom is 0.277 e. The number of nitrogens with zero attached hydrogens (tertiary/aromatic N) is 2. The van der Waals surface area contributed by atoms with Crippen molar-refractivity contribution in [3.8, 4) is 11.5 Å². The molecule has 0 unspecified atom stereocenters. The first kappa shape index (κ1) is 19.2. The molecule has 0 radical (unpaired) electrons. The minimum absolute atomic E-state index is 0.105. The lowest BCUT2D eigenvalue weighted by molar-refractivity contribution is -0.113. The van der Waals surface area contributed by atoms with Crippen molar-refractivity contribution < 1.29 is 9.21 Å². The quantitative estimate of drug-likeness (QED) is 0.563. The number of carbonyl (C=O) groups excluding carboxylic acids is 1. The SMILES string of the molecule is CC[C@@H](C)c1ccc(NC(=O)CSc2nnc(-c3cccc(C)c3)o2)cc1. The monoisotopic (exact) mass is 381 g/mol. The lowest BCUT2D eigenvalue weighted by Gasteiger charge is -2.10. The smallest absolute Gasteiger partial charge is 0.277 e. The zero-order chi connectivity index (χ0) is 19.2. The molecule has 27 heavy (non-hydrogen) atoms. The van der Waals surface area contributed by atoms with Crippen LogP contribution < -0.4 is 5.32 Å². The molecule has 5 nitrogen and oxygen atoms in total. The highest BCUT2D eigenvalue weighted by Gasteiger charge is 2.12. The van der Waals surface area contributed by atoms with E-state index >= 15 is 0 Å². The van der Waals surface area contributed by atoms with E-state index in [-0.39, 0.29) is 11.7 Å². The molecule has 2 aromatic carbocycles. The van der Waals surface area contributed by atoms with Gasteiger partial charge in [0, 0.05) is 11.3 Å². The van der Waals surface area contributed by atoms with Gasteiger partial charge in [-0.15, -0.1) is 10.2 Å². The van der Waals surface area contributed by atoms with Crippen LogP contribution in [0.5, 0.6) is 0 Å². The molecule has 3 rings (SSSR count). The number of hydrogen-bond acceptors (Lipinski definition) is 5. The highest BCUT2D eigenvalue weighted by atomic mass is 32.2. The number of hydrogen-bond donors (Lipinski definition) is 1. The molecule has 1 N–H and O–H groups in total. The summed E-state index contributed by atoms with van der Waals surface area (Å²) in [7, 11) is 0. The summed E-state index contributed by atoms with van der Waals surface area (Å²) in [5.41, 5.74) is 4.07. The molecular formula is C21H23N3O2S. The van der Waals surface area contributed by atoms with Crippen LogP contribution in [0, 0.1) is 6.92 Å². The highest BCUT2D eigenvalue weighted by molar-refractivity contribution is 7.99. The van der Waals surface area contributed by atoms with Crippen molar-refractivity contribution in [2.75, 3.05) is 11.1 Å². The second-order valence-corrected chi connectivity index (χ2v) is 7.44. The number of aromatic nitrogens is 2. The van der Waals surface area contributed by atoms with E-state index in [0.717, 1.165) is 23.2 Å². The van der Waals surface area contributed by atoms with Crippen LogP contribution in [-0.2, 0) is 4.79 Å². The standard InChI is InChI=1S/C21H23N3O2S/c1-4-15(3)16-8-10-18(11-9-16)22-19(25)13-27-21-24-23-20(26-21)17-7-5-6-14(2)12-17/h5-12,15H,4,13H2,1-3H3,(H,22,25)/t15-/m1/s1. The average Bonchev–Trinajstić information content (AvgIpc) is 3.15. The first-order valence-electron chi connectivity index (χ1n) is 8.98. The number of benzene rings is 2. The van der Waals surface area contributed by atoms with Crippen molar-refractivity contribution in [2.24, 2.45) is 0 Å². The summed E-state index contributed by atoms with van der Waals surface area (Å²) in [6, 6.07) is 15.9. The Labute approximate surface area is 163 Å². The van der Waals surface area contributed by atoms with E-state index in [4.69, 9.17) is 4.42 Å². The molecule has 1 atom stereocenters. The highest BCUT2D eigenvalue weighted by Crippen LogP contribution is 2.24. The zero-order valence-electron chi connectivity index (χ0n) is 15.7. The van der Waals surface area contributed by atoms with Crippen LogP contribution in [0.4, 0.5) is 5.69 Å². The Hall–Kier alpha value is -2.60. The Balaban J connectivity index is 1.54. The number of amides is 1. The Morgan fingerprint density at radius 2 is 1.96 bits per heavy atom. The van der Waals surface area contributed by atoms with E-state index in [1.54, 1.807) is 0 Å². The summed E-state index contributed by atoms with van der Waals surface area (Å²) < 4.78 is 5.64. The first-order chi connectivity index (χ1) is 13.0. The van der Waals surface area contributed by atoms with Crippen molar-refractivity contribution in [3.63, 3.8) is 0 Å². The Morgan fingerprint density at radius 3 is 2.67 bits per heavy atom. The van der Waals surface area contributed by atoms with Gasteiger partial charge < -0.3 is 9.73 Å². The van der Waals surface area contributed by atoms with Crippen LogP contribution in [0.3, 0.4) is 0 Å². The van der Waals surface area contributed by atoms with Gasteiger partial charge in [0.05, 0.1) is 5.75 Å². The normalized spacial score (nSPS) is 12.0. The summed E-state index contributed by atoms with van der Waals surface area (Å²) >= 11 is 1.23. The van der Waals surface area contributed by atoms with Gasteiger partial charge in [-0.2, -0.15) is 0 Å². The van der Waals surface area contributed by atoms with Gasteiger partial charge >= 0.3 is 0 Å². The van der Waals surface area contributed by atoms with Crippen LogP contribution in [0.1, 0.15) is 37.3 Å². The summed E-state index contributed by atoms with van der Waals surface area (Å²) in [6.45, 7) is 6.37. The van der Waals surface area contributed by atoms with Gasteiger partial charge in [-0.25, -0.2) is 0 Å². The predicted molar refractivity (Wildman–Crippen MR) is 109 cm³/mol. The lowest BCUT2D eigenvalue weighted by atomic mass is 9.99. The molecule has 0 fully saturated rings. The molecule has 3 aromatic rings. The van der Waals surface area contributed by atoms with Crippen molar-refractivity contribution in [2.45, 2.75) is 38.3 Å². The fraction of sp³-hybridized carbons (Fsp3) is 0.286. The lowest BCUT2D eigenvalue weighted by Crippen LogP contribution is -2.14. The van der Waals surface area contributed by atoms with Gasteiger partial charge in [0.15, 0.2) is 0 Å². The number of aryl methyl sites for hydroxylation is 1. The van der Waals surface area contributed by atoms with E-state index < -0.39 is 0 Å². The van der Waals surface area contributed by atoms with E-state index in [2.05, 4.69) is 41.5 Å². The molecule has 0 aliphatic rings. The number of rotatable bonds is 7. The molecule has 0 saturated carbocycles. The van der Waals surface area contributed by atoms with Gasteiger partial charge in [-0.1, -0.05) is 55.4 Å². The van der Waals surface area contributed by atoms with Crippen LogP contribution in [0.2, 0.25) is 0 Å². The van der Waals surface area contributed by atoms with Gasteiger partial charge in [0.2, 0.25) is 11.8 Å². The third-order valence-electron chi connectivity index (χ3n) is 4.37. The van der Waals surface area contributed by atoms with E-state index in [1.165, 1.54) is 17.3 Å². The van der Waals surface area contributed by atoms with Crippen molar-refractivity contribution in [3.05, 3.63) is 59.7 Å². The number of carbonyl (C=O) groups is 1. The summed E-state index contributed by atoms with van der Waals surface area (Å²) in [4.78, 5) is 12.2. The fourth-order valence-electron chi connectivity index (χ4n) is 2.62. The molecule has 1 heterocycles. The fourth-order valence-corrected chi connectivity index (χ4v) is 3.18. The van der Waals surface area contributed by atoms with E-state index in [9.17, 15) is 4.79 Å². The minimum atomic E-state index is -0.105. The van der Waals surface area contributed by atoms with Crippen molar-refractivity contribution in [1.82, 2.24) is 10.2 Å². The molecule has 0 aliphatic heterocycles. The maximum absolute atomic E-state index is 12.2. The molecule has 1 aromatic heterocycles. The molecule has 0 bridgehead atoms. The third kappa shape index (κ3) is 5.20. The molecule has 140 valence electrons. The van der Waals surface area contributed by atoms with E-state index in [0.29, 0.717) is 17.0 Å². The van der Waals surface area contributed by atoms with Crippen LogP contribution >= 0.6 is 11.8 Å². The number of nitrogens with one attached hydrogen (secondary N) is 1. The number of thioether (sulfide) groups is 1. The topological polar surface area (TPSA) is 68.0 Å². The summed E-state index contributed by atoms with van der Waals surface area (Å²) in [6.07, 6.45) is 1.09. The largest absolute Gasteiger partial charge is 0.411 e. The van der Waals surface area contributed by atoms with Gasteiger partial charge in [0.25, 0.3) is 5.22 Å². The van der Waals surface area contributed by atoms with Crippen LogP contribution in [0.25, 0.3) is 11.5 Å². The molecule has 0 spiro atoms. The first-order valence-corrected chi connectivity index (χ1v) is 9.97. The summed E-state index contributed by atoms with van der Waals surface area (Å²) in [5, 5.41) is 11.3. The van der Waals surface area contributed by atoms with Gasteiger partial charge in [-0.3, -0.25) is 4.79 Å². The second kappa shape index (κ2) is 8.86. The molecule has 1 amide bonds.